The van der Waals surface area contributed by atoms with Gasteiger partial charge in [-0.15, -0.1) is 0 Å². The average Bonchev–Trinajstić information content (AvgIpc) is 3.23. The molecule has 0 radical (unpaired) electrons. The molecule has 0 spiro atoms. The Labute approximate surface area is 174 Å². The van der Waals surface area contributed by atoms with Gasteiger partial charge in [-0.3, -0.25) is 0 Å². The third-order valence-corrected chi connectivity index (χ3v) is 7.08. The molecule has 2 aromatic carbocycles. The van der Waals surface area contributed by atoms with E-state index in [4.69, 9.17) is 4.74 Å². The lowest BCUT2D eigenvalue weighted by molar-refractivity contribution is -0.918. The molecule has 2 aromatic rings. The number of anilines is 1. The Hall–Kier alpha value is -2.09. The number of hydrogen-bond acceptors (Lipinski definition) is 4. The van der Waals surface area contributed by atoms with Gasteiger partial charge in [-0.25, -0.2) is 13.1 Å². The molecule has 7 heteroatoms. The van der Waals surface area contributed by atoms with E-state index in [2.05, 4.69) is 33.9 Å². The van der Waals surface area contributed by atoms with Gasteiger partial charge in [0.15, 0.2) is 0 Å². The maximum Gasteiger partial charge on any atom is 0.244 e. The van der Waals surface area contributed by atoms with Gasteiger partial charge >= 0.3 is 0 Å². The quantitative estimate of drug-likeness (QED) is 0.686. The van der Waals surface area contributed by atoms with E-state index < -0.39 is 10.0 Å². The molecule has 0 aliphatic carbocycles. The summed E-state index contributed by atoms with van der Waals surface area (Å²) in [5, 5.41) is 0. The van der Waals surface area contributed by atoms with Crippen molar-refractivity contribution in [1.29, 1.82) is 0 Å². The standard InChI is InChI=1S/C22H31N3O3S/c1-17-7-12-21(28-4)22(15-17)29(26,27)23-16-20(25-13-5-6-14-25)18-8-10-19(11-9-18)24(2)3/h7-12,15,20,23H,5-6,13-14,16H2,1-4H3/p+1/t20-/m0/s1. The van der Waals surface area contributed by atoms with Crippen molar-refractivity contribution in [2.75, 3.05) is 45.7 Å². The minimum atomic E-state index is -3.68. The summed E-state index contributed by atoms with van der Waals surface area (Å²) in [6, 6.07) is 13.7. The Morgan fingerprint density at radius 1 is 1.10 bits per heavy atom. The highest BCUT2D eigenvalue weighted by Gasteiger charge is 2.30. The predicted molar refractivity (Wildman–Crippen MR) is 116 cm³/mol. The van der Waals surface area contributed by atoms with E-state index in [0.717, 1.165) is 29.9 Å². The van der Waals surface area contributed by atoms with Crippen LogP contribution in [0, 0.1) is 6.92 Å². The van der Waals surface area contributed by atoms with Crippen molar-refractivity contribution in [3.8, 4) is 5.75 Å². The first kappa shape index (κ1) is 21.6. The topological polar surface area (TPSA) is 63.1 Å². The van der Waals surface area contributed by atoms with Gasteiger partial charge in [0, 0.05) is 38.2 Å². The summed E-state index contributed by atoms with van der Waals surface area (Å²) < 4.78 is 34.2. The van der Waals surface area contributed by atoms with Crippen LogP contribution in [-0.4, -0.2) is 49.3 Å². The lowest BCUT2D eigenvalue weighted by Gasteiger charge is -2.26. The largest absolute Gasteiger partial charge is 0.495 e. The fraction of sp³-hybridized carbons (Fsp3) is 0.455. The summed E-state index contributed by atoms with van der Waals surface area (Å²) in [7, 11) is 1.85. The van der Waals surface area contributed by atoms with Gasteiger partial charge in [0.1, 0.15) is 16.7 Å². The van der Waals surface area contributed by atoms with E-state index in [1.54, 1.807) is 12.1 Å². The summed E-state index contributed by atoms with van der Waals surface area (Å²) in [5.74, 6) is 0.364. The van der Waals surface area contributed by atoms with E-state index >= 15 is 0 Å². The third-order valence-electron chi connectivity index (χ3n) is 5.64. The number of nitrogens with zero attached hydrogens (tertiary/aromatic N) is 1. The Morgan fingerprint density at radius 3 is 2.34 bits per heavy atom. The van der Waals surface area contributed by atoms with Gasteiger partial charge in [0.05, 0.1) is 26.7 Å². The first-order valence-electron chi connectivity index (χ1n) is 10.1. The van der Waals surface area contributed by atoms with Crippen LogP contribution >= 0.6 is 0 Å². The molecular weight excluding hydrogens is 386 g/mol. The van der Waals surface area contributed by atoms with Gasteiger partial charge in [-0.1, -0.05) is 18.2 Å². The van der Waals surface area contributed by atoms with Gasteiger partial charge < -0.3 is 14.5 Å². The van der Waals surface area contributed by atoms with E-state index in [-0.39, 0.29) is 10.9 Å². The molecule has 3 rings (SSSR count). The molecule has 1 atom stereocenters. The molecular formula is C22H32N3O3S+. The van der Waals surface area contributed by atoms with Crippen LogP contribution < -0.4 is 19.3 Å². The van der Waals surface area contributed by atoms with Crippen molar-refractivity contribution in [2.24, 2.45) is 0 Å². The first-order valence-corrected chi connectivity index (χ1v) is 11.6. The number of hydrogen-bond donors (Lipinski definition) is 2. The third kappa shape index (κ3) is 5.10. The van der Waals surface area contributed by atoms with Gasteiger partial charge in [0.25, 0.3) is 0 Å². The number of methoxy groups -OCH3 is 1. The van der Waals surface area contributed by atoms with E-state index in [0.29, 0.717) is 12.3 Å². The Balaban J connectivity index is 1.84. The Kier molecular flexibility index (Phi) is 6.82. The minimum absolute atomic E-state index is 0.0827. The van der Waals surface area contributed by atoms with Crippen LogP contribution in [0.3, 0.4) is 0 Å². The zero-order valence-corrected chi connectivity index (χ0v) is 18.6. The molecule has 0 saturated carbocycles. The minimum Gasteiger partial charge on any atom is -0.495 e. The zero-order chi connectivity index (χ0) is 21.0. The molecule has 1 heterocycles. The Morgan fingerprint density at radius 2 is 1.76 bits per heavy atom. The molecule has 1 aliphatic heterocycles. The molecule has 0 amide bonds. The van der Waals surface area contributed by atoms with Crippen LogP contribution in [-0.2, 0) is 10.0 Å². The fourth-order valence-corrected chi connectivity index (χ4v) is 5.24. The monoisotopic (exact) mass is 418 g/mol. The van der Waals surface area contributed by atoms with E-state index in [1.807, 2.05) is 27.1 Å². The van der Waals surface area contributed by atoms with E-state index in [1.165, 1.54) is 24.9 Å². The number of nitrogens with one attached hydrogen (secondary N) is 2. The van der Waals surface area contributed by atoms with Gasteiger partial charge in [-0.05, 0) is 36.8 Å². The van der Waals surface area contributed by atoms with Crippen molar-refractivity contribution in [3.63, 3.8) is 0 Å². The van der Waals surface area contributed by atoms with Crippen molar-refractivity contribution in [1.82, 2.24) is 4.72 Å². The molecule has 158 valence electrons. The van der Waals surface area contributed by atoms with Gasteiger partial charge in [0.2, 0.25) is 10.0 Å². The molecule has 2 N–H and O–H groups in total. The van der Waals surface area contributed by atoms with Crippen molar-refractivity contribution >= 4 is 15.7 Å². The number of quaternary nitrogens is 1. The SMILES string of the molecule is COc1ccc(C)cc1S(=O)(=O)NC[C@@H](c1ccc(N(C)C)cc1)[NH+]1CCCC1. The van der Waals surface area contributed by atoms with Crippen LogP contribution in [0.4, 0.5) is 5.69 Å². The molecule has 29 heavy (non-hydrogen) atoms. The number of benzene rings is 2. The van der Waals surface area contributed by atoms with Crippen LogP contribution in [0.15, 0.2) is 47.4 Å². The first-order chi connectivity index (χ1) is 13.8. The molecule has 6 nitrogen and oxygen atoms in total. The fourth-order valence-electron chi connectivity index (χ4n) is 3.94. The van der Waals surface area contributed by atoms with Crippen LogP contribution in [0.5, 0.6) is 5.75 Å². The number of ether oxygens (including phenoxy) is 1. The number of likely N-dealkylation sites (tertiary alicyclic amines) is 1. The smallest absolute Gasteiger partial charge is 0.244 e. The lowest BCUT2D eigenvalue weighted by atomic mass is 10.1. The average molecular weight is 419 g/mol. The second kappa shape index (κ2) is 9.15. The highest BCUT2D eigenvalue weighted by Crippen LogP contribution is 2.25. The van der Waals surface area contributed by atoms with Crippen molar-refractivity contribution in [3.05, 3.63) is 53.6 Å². The maximum absolute atomic E-state index is 13.1. The molecule has 0 aromatic heterocycles. The van der Waals surface area contributed by atoms with Crippen LogP contribution in [0.2, 0.25) is 0 Å². The molecule has 0 bridgehead atoms. The second-order valence-corrected chi connectivity index (χ2v) is 9.65. The van der Waals surface area contributed by atoms with Crippen molar-refractivity contribution in [2.45, 2.75) is 30.7 Å². The molecule has 1 fully saturated rings. The summed E-state index contributed by atoms with van der Waals surface area (Å²) in [4.78, 5) is 3.69. The zero-order valence-electron chi connectivity index (χ0n) is 17.7. The van der Waals surface area contributed by atoms with Crippen molar-refractivity contribution < 1.29 is 18.1 Å². The van der Waals surface area contributed by atoms with E-state index in [9.17, 15) is 8.42 Å². The number of aryl methyl sites for hydroxylation is 1. The predicted octanol–water partition coefficient (Wildman–Crippen LogP) is 1.77. The normalized spacial score (nSPS) is 16.0. The molecule has 0 unspecified atom stereocenters. The number of rotatable bonds is 8. The Bertz CT molecular complexity index is 921. The summed E-state index contributed by atoms with van der Waals surface area (Å²) in [6.07, 6.45) is 2.36. The summed E-state index contributed by atoms with van der Waals surface area (Å²) in [6.45, 7) is 4.36. The van der Waals surface area contributed by atoms with Crippen LogP contribution in [0.1, 0.15) is 30.0 Å². The highest BCUT2D eigenvalue weighted by atomic mass is 32.2. The second-order valence-electron chi connectivity index (χ2n) is 7.91. The summed E-state index contributed by atoms with van der Waals surface area (Å²) >= 11 is 0. The maximum atomic E-state index is 13.1. The van der Waals surface area contributed by atoms with Gasteiger partial charge in [-0.2, -0.15) is 0 Å². The lowest BCUT2D eigenvalue weighted by Crippen LogP contribution is -3.11. The molecule has 1 aliphatic rings. The van der Waals surface area contributed by atoms with Crippen LogP contribution in [0.25, 0.3) is 0 Å². The summed E-state index contributed by atoms with van der Waals surface area (Å²) in [5.41, 5.74) is 3.17. The molecule has 1 saturated heterocycles. The number of sulfonamides is 1. The highest BCUT2D eigenvalue weighted by molar-refractivity contribution is 7.89.